The zero-order valence-electron chi connectivity index (χ0n) is 13.7. The van der Waals surface area contributed by atoms with E-state index in [2.05, 4.69) is 15.1 Å². The highest BCUT2D eigenvalue weighted by Crippen LogP contribution is 2.10. The maximum Gasteiger partial charge on any atom is 0.293 e. The van der Waals surface area contributed by atoms with Crippen molar-refractivity contribution in [3.8, 4) is 0 Å². The van der Waals surface area contributed by atoms with Gasteiger partial charge in [-0.3, -0.25) is 4.79 Å². The molecule has 0 bridgehead atoms. The third-order valence-electron chi connectivity index (χ3n) is 3.68. The monoisotopic (exact) mass is 325 g/mol. The molecule has 0 aliphatic heterocycles. The second-order valence-corrected chi connectivity index (χ2v) is 5.62. The normalized spacial score (nSPS) is 11.0. The molecule has 124 valence electrons. The van der Waals surface area contributed by atoms with Gasteiger partial charge in [0.2, 0.25) is 5.82 Å². The molecule has 0 radical (unpaired) electrons. The van der Waals surface area contributed by atoms with Gasteiger partial charge in [-0.15, -0.1) is 5.10 Å². The molecule has 0 saturated carbocycles. The summed E-state index contributed by atoms with van der Waals surface area (Å²) >= 11 is 0. The van der Waals surface area contributed by atoms with Crippen LogP contribution in [0.4, 0.5) is 0 Å². The lowest BCUT2D eigenvalue weighted by Gasteiger charge is -2.20. The van der Waals surface area contributed by atoms with Gasteiger partial charge in [-0.05, 0) is 25.5 Å². The number of benzene rings is 1. The Labute approximate surface area is 139 Å². The van der Waals surface area contributed by atoms with Crippen LogP contribution in [0.1, 0.15) is 27.6 Å². The highest BCUT2D eigenvalue weighted by molar-refractivity contribution is 5.90. The number of aliphatic hydroxyl groups is 1. The van der Waals surface area contributed by atoms with Gasteiger partial charge in [0.25, 0.3) is 11.7 Å². The quantitative estimate of drug-likeness (QED) is 0.766. The van der Waals surface area contributed by atoms with Crippen molar-refractivity contribution in [3.05, 3.63) is 59.2 Å². The molecule has 7 heteroatoms. The van der Waals surface area contributed by atoms with E-state index in [0.717, 1.165) is 17.0 Å². The van der Waals surface area contributed by atoms with Crippen LogP contribution >= 0.6 is 0 Å². The lowest BCUT2D eigenvalue weighted by atomic mass is 10.2. The van der Waals surface area contributed by atoms with E-state index in [1.807, 2.05) is 50.2 Å². The minimum atomic E-state index is -0.324. The van der Waals surface area contributed by atoms with Crippen molar-refractivity contribution in [3.63, 3.8) is 0 Å². The van der Waals surface area contributed by atoms with Crippen molar-refractivity contribution in [2.24, 2.45) is 0 Å². The zero-order valence-corrected chi connectivity index (χ0v) is 13.7. The fraction of sp³-hybridized carbons (Fsp3) is 0.294. The molecule has 3 aromatic rings. The number of hydrogen-bond acceptors (Lipinski definition) is 5. The Morgan fingerprint density at radius 2 is 1.96 bits per heavy atom. The summed E-state index contributed by atoms with van der Waals surface area (Å²) in [6.45, 7) is 4.25. The van der Waals surface area contributed by atoms with Crippen LogP contribution in [-0.4, -0.2) is 48.6 Å². The van der Waals surface area contributed by atoms with Gasteiger partial charge in [0.05, 0.1) is 6.61 Å². The van der Waals surface area contributed by atoms with Crippen molar-refractivity contribution in [2.45, 2.75) is 20.4 Å². The Morgan fingerprint density at radius 1 is 1.21 bits per heavy atom. The van der Waals surface area contributed by atoms with Gasteiger partial charge in [-0.1, -0.05) is 30.3 Å². The molecule has 1 amide bonds. The smallest absolute Gasteiger partial charge is 0.293 e. The van der Waals surface area contributed by atoms with Gasteiger partial charge in [-0.25, -0.2) is 9.50 Å². The largest absolute Gasteiger partial charge is 0.395 e. The van der Waals surface area contributed by atoms with Crippen LogP contribution in [0.5, 0.6) is 0 Å². The number of aromatic nitrogens is 4. The summed E-state index contributed by atoms with van der Waals surface area (Å²) in [4.78, 5) is 22.8. The molecule has 0 unspecified atom stereocenters. The van der Waals surface area contributed by atoms with Crippen molar-refractivity contribution < 1.29 is 9.90 Å². The lowest BCUT2D eigenvalue weighted by molar-refractivity contribution is 0.0696. The molecule has 1 aromatic carbocycles. The van der Waals surface area contributed by atoms with Crippen LogP contribution in [0.25, 0.3) is 5.78 Å². The van der Waals surface area contributed by atoms with Gasteiger partial charge in [0.15, 0.2) is 0 Å². The Hall–Kier alpha value is -2.80. The molecule has 3 rings (SSSR count). The standard InChI is InChI=1S/C17H19N5O2/c1-12-10-13(2)22-17(18-12)19-15(20-22)16(24)21(8-9-23)11-14-6-4-3-5-7-14/h3-7,10,23H,8-9,11H2,1-2H3. The van der Waals surface area contributed by atoms with Crippen molar-refractivity contribution >= 4 is 11.7 Å². The molecule has 0 atom stereocenters. The van der Waals surface area contributed by atoms with Crippen molar-refractivity contribution in [2.75, 3.05) is 13.2 Å². The Morgan fingerprint density at radius 3 is 2.67 bits per heavy atom. The summed E-state index contributed by atoms with van der Waals surface area (Å²) in [5.74, 6) is 0.163. The lowest BCUT2D eigenvalue weighted by Crippen LogP contribution is -2.33. The summed E-state index contributed by atoms with van der Waals surface area (Å²) in [6, 6.07) is 11.5. The summed E-state index contributed by atoms with van der Waals surface area (Å²) in [5.41, 5.74) is 2.66. The topological polar surface area (TPSA) is 83.6 Å². The first-order valence-corrected chi connectivity index (χ1v) is 7.73. The molecule has 0 aliphatic rings. The van der Waals surface area contributed by atoms with Crippen LogP contribution in [0.15, 0.2) is 36.4 Å². The average Bonchev–Trinajstić information content (AvgIpc) is 2.99. The van der Waals surface area contributed by atoms with E-state index < -0.39 is 0 Å². The third-order valence-corrected chi connectivity index (χ3v) is 3.68. The summed E-state index contributed by atoms with van der Waals surface area (Å²) in [6.07, 6.45) is 0. The van der Waals surface area contributed by atoms with E-state index >= 15 is 0 Å². The van der Waals surface area contributed by atoms with Crippen LogP contribution in [0.2, 0.25) is 0 Å². The van der Waals surface area contributed by atoms with E-state index in [0.29, 0.717) is 12.3 Å². The highest BCUT2D eigenvalue weighted by Gasteiger charge is 2.21. The summed E-state index contributed by atoms with van der Waals surface area (Å²) in [7, 11) is 0. The number of aryl methyl sites for hydroxylation is 2. The molecule has 2 aromatic heterocycles. The predicted molar refractivity (Wildman–Crippen MR) is 88.5 cm³/mol. The maximum atomic E-state index is 12.8. The van der Waals surface area contributed by atoms with Crippen molar-refractivity contribution in [1.29, 1.82) is 0 Å². The van der Waals surface area contributed by atoms with E-state index in [1.165, 1.54) is 4.90 Å². The molecular weight excluding hydrogens is 306 g/mol. The summed E-state index contributed by atoms with van der Waals surface area (Å²) < 4.78 is 1.56. The fourth-order valence-corrected chi connectivity index (χ4v) is 2.58. The molecule has 7 nitrogen and oxygen atoms in total. The van der Waals surface area contributed by atoms with E-state index in [9.17, 15) is 9.90 Å². The number of carbonyl (C=O) groups excluding carboxylic acids is 1. The first kappa shape index (κ1) is 16.1. The molecule has 0 saturated heterocycles. The van der Waals surface area contributed by atoms with Crippen LogP contribution in [-0.2, 0) is 6.54 Å². The zero-order chi connectivity index (χ0) is 17.1. The predicted octanol–water partition coefficient (Wildman–Crippen LogP) is 1.38. The number of aliphatic hydroxyl groups excluding tert-OH is 1. The Kier molecular flexibility index (Phi) is 4.52. The minimum absolute atomic E-state index is 0.0839. The van der Waals surface area contributed by atoms with Gasteiger partial charge in [-0.2, -0.15) is 4.98 Å². The SMILES string of the molecule is Cc1cc(C)n2nc(C(=O)N(CCO)Cc3ccccc3)nc2n1. The maximum absolute atomic E-state index is 12.8. The molecule has 0 fully saturated rings. The number of rotatable bonds is 5. The van der Waals surface area contributed by atoms with E-state index in [4.69, 9.17) is 0 Å². The fourth-order valence-electron chi connectivity index (χ4n) is 2.58. The highest BCUT2D eigenvalue weighted by atomic mass is 16.3. The average molecular weight is 325 g/mol. The summed E-state index contributed by atoms with van der Waals surface area (Å²) in [5, 5.41) is 13.5. The van der Waals surface area contributed by atoms with Gasteiger partial charge >= 0.3 is 0 Å². The van der Waals surface area contributed by atoms with Gasteiger partial charge in [0.1, 0.15) is 0 Å². The number of carbonyl (C=O) groups is 1. The Bertz CT molecular complexity index is 860. The number of fused-ring (bicyclic) bond motifs is 1. The second-order valence-electron chi connectivity index (χ2n) is 5.62. The van der Waals surface area contributed by atoms with Gasteiger partial charge in [0, 0.05) is 24.5 Å². The number of hydrogen-bond donors (Lipinski definition) is 1. The molecule has 2 heterocycles. The number of amides is 1. The molecule has 0 spiro atoms. The van der Waals surface area contributed by atoms with Crippen LogP contribution in [0.3, 0.4) is 0 Å². The molecule has 24 heavy (non-hydrogen) atoms. The third kappa shape index (κ3) is 3.26. The van der Waals surface area contributed by atoms with Crippen LogP contribution < -0.4 is 0 Å². The van der Waals surface area contributed by atoms with Gasteiger partial charge < -0.3 is 10.0 Å². The van der Waals surface area contributed by atoms with E-state index in [-0.39, 0.29) is 24.9 Å². The molecule has 1 N–H and O–H groups in total. The van der Waals surface area contributed by atoms with Crippen LogP contribution in [0, 0.1) is 13.8 Å². The first-order valence-electron chi connectivity index (χ1n) is 7.73. The minimum Gasteiger partial charge on any atom is -0.395 e. The van der Waals surface area contributed by atoms with E-state index in [1.54, 1.807) is 4.52 Å². The second kappa shape index (κ2) is 6.76. The molecule has 0 aliphatic carbocycles. The molecular formula is C17H19N5O2. The van der Waals surface area contributed by atoms with Crippen molar-refractivity contribution in [1.82, 2.24) is 24.5 Å². The Balaban J connectivity index is 1.91. The first-order chi connectivity index (χ1) is 11.6. The number of nitrogens with zero attached hydrogens (tertiary/aromatic N) is 5.